The summed E-state index contributed by atoms with van der Waals surface area (Å²) >= 11 is 3.17. The summed E-state index contributed by atoms with van der Waals surface area (Å²) in [4.78, 5) is 0. The average molecular weight is 253 g/mol. The van der Waals surface area contributed by atoms with Crippen LogP contribution in [0, 0.1) is 17.5 Å². The number of hydrogen-bond donors (Lipinski definition) is 0. The lowest BCUT2D eigenvalue weighted by Crippen LogP contribution is -1.97. The molecule has 0 spiro atoms. The maximum Gasteiger partial charge on any atom is 0.194 e. The first-order valence-corrected chi connectivity index (χ1v) is 4.97. The highest BCUT2D eigenvalue weighted by molar-refractivity contribution is 9.09. The average Bonchev–Trinajstić information content (AvgIpc) is 2.13. The van der Waals surface area contributed by atoms with Crippen LogP contribution < -0.4 is 0 Å². The van der Waals surface area contributed by atoms with Gasteiger partial charge in [-0.05, 0) is 24.5 Å². The maximum absolute atomic E-state index is 13.0. The van der Waals surface area contributed by atoms with Crippen molar-refractivity contribution in [2.75, 3.05) is 5.33 Å². The zero-order chi connectivity index (χ0) is 9.84. The summed E-state index contributed by atoms with van der Waals surface area (Å²) in [6.45, 7) is 0. The van der Waals surface area contributed by atoms with Gasteiger partial charge in [-0.25, -0.2) is 13.2 Å². The van der Waals surface area contributed by atoms with E-state index in [0.29, 0.717) is 18.2 Å². The molecule has 0 amide bonds. The van der Waals surface area contributed by atoms with Crippen LogP contribution in [-0.2, 0) is 6.42 Å². The Morgan fingerprint density at radius 3 is 2.38 bits per heavy atom. The third-order valence-electron chi connectivity index (χ3n) is 1.69. The van der Waals surface area contributed by atoms with E-state index >= 15 is 0 Å². The van der Waals surface area contributed by atoms with Crippen molar-refractivity contribution in [3.63, 3.8) is 0 Å². The monoisotopic (exact) mass is 252 g/mol. The molecule has 72 valence electrons. The van der Waals surface area contributed by atoms with E-state index in [1.54, 1.807) is 0 Å². The van der Waals surface area contributed by atoms with Gasteiger partial charge in [-0.1, -0.05) is 22.0 Å². The van der Waals surface area contributed by atoms with Crippen molar-refractivity contribution >= 4 is 15.9 Å². The summed E-state index contributed by atoms with van der Waals surface area (Å²) in [5.74, 6) is -3.59. The molecule has 0 fully saturated rings. The van der Waals surface area contributed by atoms with Crippen LogP contribution in [0.4, 0.5) is 13.2 Å². The van der Waals surface area contributed by atoms with Crippen LogP contribution in [0.3, 0.4) is 0 Å². The lowest BCUT2D eigenvalue weighted by atomic mass is 10.1. The quantitative estimate of drug-likeness (QED) is 0.571. The van der Waals surface area contributed by atoms with Gasteiger partial charge in [-0.15, -0.1) is 0 Å². The highest BCUT2D eigenvalue weighted by atomic mass is 79.9. The minimum absolute atomic E-state index is 0.221. The van der Waals surface area contributed by atoms with Gasteiger partial charge in [-0.3, -0.25) is 0 Å². The molecule has 4 heteroatoms. The highest BCUT2D eigenvalue weighted by Crippen LogP contribution is 2.16. The fourth-order valence-electron chi connectivity index (χ4n) is 1.02. The first-order chi connectivity index (χ1) is 6.16. The second-order valence-electron chi connectivity index (χ2n) is 2.63. The van der Waals surface area contributed by atoms with Gasteiger partial charge in [0.05, 0.1) is 0 Å². The SMILES string of the molecule is Fc1ccc(CCCBr)c(F)c1F. The molecule has 0 atom stereocenters. The van der Waals surface area contributed by atoms with Crippen LogP contribution in [-0.4, -0.2) is 5.33 Å². The number of hydrogen-bond acceptors (Lipinski definition) is 0. The van der Waals surface area contributed by atoms with Gasteiger partial charge in [0.1, 0.15) is 0 Å². The molecule has 1 aromatic carbocycles. The van der Waals surface area contributed by atoms with Crippen molar-refractivity contribution < 1.29 is 13.2 Å². The molecule has 0 N–H and O–H groups in total. The van der Waals surface area contributed by atoms with Crippen LogP contribution in [0.25, 0.3) is 0 Å². The Hall–Kier alpha value is -0.510. The first-order valence-electron chi connectivity index (χ1n) is 3.85. The Balaban J connectivity index is 2.90. The summed E-state index contributed by atoms with van der Waals surface area (Å²) in [5, 5.41) is 0.714. The van der Waals surface area contributed by atoms with E-state index < -0.39 is 17.5 Å². The van der Waals surface area contributed by atoms with E-state index in [1.807, 2.05) is 0 Å². The molecule has 0 nitrogen and oxygen atoms in total. The zero-order valence-corrected chi connectivity index (χ0v) is 8.37. The number of aryl methyl sites for hydroxylation is 1. The lowest BCUT2D eigenvalue weighted by molar-refractivity contribution is 0.440. The van der Waals surface area contributed by atoms with Crippen molar-refractivity contribution in [3.05, 3.63) is 35.1 Å². The van der Waals surface area contributed by atoms with Crippen molar-refractivity contribution in [1.82, 2.24) is 0 Å². The summed E-state index contributed by atoms with van der Waals surface area (Å²) in [5.41, 5.74) is 0.221. The molecule has 1 aromatic rings. The predicted octanol–water partition coefficient (Wildman–Crippen LogP) is 3.43. The largest absolute Gasteiger partial charge is 0.204 e. The molecule has 0 aliphatic rings. The first kappa shape index (κ1) is 10.6. The second kappa shape index (κ2) is 4.65. The molecule has 0 unspecified atom stereocenters. The van der Waals surface area contributed by atoms with Crippen LogP contribution in [0.15, 0.2) is 12.1 Å². The third-order valence-corrected chi connectivity index (χ3v) is 2.26. The predicted molar refractivity (Wildman–Crippen MR) is 48.4 cm³/mol. The van der Waals surface area contributed by atoms with Gasteiger partial charge in [0, 0.05) is 5.33 Å². The fourth-order valence-corrected chi connectivity index (χ4v) is 1.30. The summed E-state index contributed by atoms with van der Waals surface area (Å²) in [7, 11) is 0. The molecule has 13 heavy (non-hydrogen) atoms. The number of benzene rings is 1. The molecule has 0 radical (unpaired) electrons. The molecular weight excluding hydrogens is 245 g/mol. The molecule has 0 aliphatic heterocycles. The van der Waals surface area contributed by atoms with Gasteiger partial charge < -0.3 is 0 Å². The normalized spacial score (nSPS) is 10.5. The zero-order valence-electron chi connectivity index (χ0n) is 6.79. The van der Waals surface area contributed by atoms with Crippen molar-refractivity contribution in [1.29, 1.82) is 0 Å². The summed E-state index contributed by atoms with van der Waals surface area (Å²) in [6, 6.07) is 2.22. The molecule has 0 bridgehead atoms. The van der Waals surface area contributed by atoms with Crippen molar-refractivity contribution in [3.8, 4) is 0 Å². The van der Waals surface area contributed by atoms with Crippen LogP contribution in [0.5, 0.6) is 0 Å². The maximum atomic E-state index is 13.0. The van der Waals surface area contributed by atoms with Gasteiger partial charge in [0.2, 0.25) is 0 Å². The smallest absolute Gasteiger partial charge is 0.194 e. The Bertz CT molecular complexity index is 299. The van der Waals surface area contributed by atoms with E-state index in [-0.39, 0.29) is 5.56 Å². The van der Waals surface area contributed by atoms with Gasteiger partial charge in [0.25, 0.3) is 0 Å². The van der Waals surface area contributed by atoms with E-state index in [0.717, 1.165) is 6.07 Å². The van der Waals surface area contributed by atoms with Crippen molar-refractivity contribution in [2.45, 2.75) is 12.8 Å². The van der Waals surface area contributed by atoms with Gasteiger partial charge >= 0.3 is 0 Å². The molecule has 0 saturated carbocycles. The fraction of sp³-hybridized carbons (Fsp3) is 0.333. The summed E-state index contributed by atoms with van der Waals surface area (Å²) < 4.78 is 38.1. The van der Waals surface area contributed by atoms with Gasteiger partial charge in [-0.2, -0.15) is 0 Å². The second-order valence-corrected chi connectivity index (χ2v) is 3.42. The molecule has 1 rings (SSSR count). The molecule has 0 aromatic heterocycles. The third kappa shape index (κ3) is 2.46. The number of halogens is 4. The van der Waals surface area contributed by atoms with Crippen LogP contribution >= 0.6 is 15.9 Å². The van der Waals surface area contributed by atoms with E-state index in [1.165, 1.54) is 6.07 Å². The topological polar surface area (TPSA) is 0 Å². The van der Waals surface area contributed by atoms with Gasteiger partial charge in [0.15, 0.2) is 17.5 Å². The summed E-state index contributed by atoms with van der Waals surface area (Å²) in [6.07, 6.45) is 1.11. The van der Waals surface area contributed by atoms with E-state index in [4.69, 9.17) is 0 Å². The van der Waals surface area contributed by atoms with Crippen LogP contribution in [0.2, 0.25) is 0 Å². The minimum atomic E-state index is -1.38. The van der Waals surface area contributed by atoms with E-state index in [2.05, 4.69) is 15.9 Å². The minimum Gasteiger partial charge on any atom is -0.204 e. The standard InChI is InChI=1S/C9H8BrF3/c10-5-1-2-6-3-4-7(11)9(13)8(6)12/h3-4H,1-2,5H2. The Morgan fingerprint density at radius 2 is 1.77 bits per heavy atom. The Morgan fingerprint density at radius 1 is 1.08 bits per heavy atom. The molecule has 0 saturated heterocycles. The Labute approximate surface area is 82.9 Å². The molecular formula is C9H8BrF3. The van der Waals surface area contributed by atoms with E-state index in [9.17, 15) is 13.2 Å². The number of rotatable bonds is 3. The molecule has 0 heterocycles. The van der Waals surface area contributed by atoms with Crippen LogP contribution in [0.1, 0.15) is 12.0 Å². The lowest BCUT2D eigenvalue weighted by Gasteiger charge is -2.02. The number of alkyl halides is 1. The highest BCUT2D eigenvalue weighted by Gasteiger charge is 2.12. The molecule has 0 aliphatic carbocycles. The Kier molecular flexibility index (Phi) is 3.78. The van der Waals surface area contributed by atoms with Crippen molar-refractivity contribution in [2.24, 2.45) is 0 Å².